The summed E-state index contributed by atoms with van der Waals surface area (Å²) in [7, 11) is 0. The summed E-state index contributed by atoms with van der Waals surface area (Å²) in [5.74, 6) is -2.11. The van der Waals surface area contributed by atoms with Crippen molar-refractivity contribution >= 4 is 41.0 Å². The van der Waals surface area contributed by atoms with Crippen molar-refractivity contribution in [2.75, 3.05) is 11.4 Å². The molecule has 9 heteroatoms. The maximum Gasteiger partial charge on any atom is 0.268 e. The number of hydrogen-bond donors (Lipinski definition) is 2. The standard InChI is InChI=1S/C19H16ClFN4O3/c20-12-5-11(6-13(21)7-12)9-24-17(26)19(28)2-4-25(18(19)27)14-8-16-15(23-10-14)1-3-22-16/h3,5-8,10,28H,1-2,4,9H2,(H,24,26)/t19-/m1/s1. The lowest BCUT2D eigenvalue weighted by Crippen LogP contribution is -2.52. The lowest BCUT2D eigenvalue weighted by atomic mass is 10.0. The number of amides is 2. The molecule has 2 N–H and O–H groups in total. The van der Waals surface area contributed by atoms with Crippen LogP contribution in [0.25, 0.3) is 0 Å². The fraction of sp³-hybridized carbons (Fsp3) is 0.263. The highest BCUT2D eigenvalue weighted by molar-refractivity contribution is 6.30. The van der Waals surface area contributed by atoms with Gasteiger partial charge in [0.2, 0.25) is 5.60 Å². The molecule has 2 aliphatic heterocycles. The Morgan fingerprint density at radius 2 is 2.18 bits per heavy atom. The molecule has 1 saturated heterocycles. The molecular weight excluding hydrogens is 387 g/mol. The lowest BCUT2D eigenvalue weighted by molar-refractivity contribution is -0.149. The van der Waals surface area contributed by atoms with Gasteiger partial charge in [-0.2, -0.15) is 0 Å². The van der Waals surface area contributed by atoms with Crippen molar-refractivity contribution < 1.29 is 19.1 Å². The second-order valence-electron chi connectivity index (χ2n) is 6.70. The van der Waals surface area contributed by atoms with Crippen molar-refractivity contribution in [3.05, 3.63) is 52.6 Å². The molecule has 1 fully saturated rings. The number of anilines is 1. The highest BCUT2D eigenvalue weighted by atomic mass is 35.5. The van der Waals surface area contributed by atoms with Crippen molar-refractivity contribution in [3.63, 3.8) is 0 Å². The number of aliphatic hydroxyl groups is 1. The first-order valence-electron chi connectivity index (χ1n) is 8.66. The van der Waals surface area contributed by atoms with E-state index in [2.05, 4.69) is 15.3 Å². The van der Waals surface area contributed by atoms with Crippen LogP contribution in [0.4, 0.5) is 15.8 Å². The third-order valence-electron chi connectivity index (χ3n) is 4.81. The maximum atomic E-state index is 13.4. The van der Waals surface area contributed by atoms with Gasteiger partial charge < -0.3 is 15.3 Å². The molecule has 1 aromatic carbocycles. The normalized spacial score (nSPS) is 20.5. The zero-order valence-electron chi connectivity index (χ0n) is 14.7. The molecule has 0 radical (unpaired) electrons. The second-order valence-corrected chi connectivity index (χ2v) is 7.14. The number of fused-ring (bicyclic) bond motifs is 1. The minimum atomic E-state index is -2.20. The van der Waals surface area contributed by atoms with Crippen molar-refractivity contribution in [1.82, 2.24) is 10.3 Å². The molecule has 144 valence electrons. The number of pyridine rings is 1. The van der Waals surface area contributed by atoms with Gasteiger partial charge in [-0.25, -0.2) is 4.39 Å². The molecule has 2 amide bonds. The summed E-state index contributed by atoms with van der Waals surface area (Å²) in [6.07, 6.45) is 3.83. The molecule has 1 atom stereocenters. The van der Waals surface area contributed by atoms with Crippen LogP contribution in [0.1, 0.15) is 17.7 Å². The van der Waals surface area contributed by atoms with Crippen molar-refractivity contribution in [2.24, 2.45) is 4.99 Å². The average Bonchev–Trinajstić information content (AvgIpc) is 3.24. The van der Waals surface area contributed by atoms with Gasteiger partial charge in [0, 0.05) is 37.2 Å². The molecule has 4 rings (SSSR count). The summed E-state index contributed by atoms with van der Waals surface area (Å²) >= 11 is 5.79. The summed E-state index contributed by atoms with van der Waals surface area (Å²) in [5, 5.41) is 13.4. The first-order valence-corrected chi connectivity index (χ1v) is 9.04. The van der Waals surface area contributed by atoms with Crippen LogP contribution < -0.4 is 10.2 Å². The Bertz CT molecular complexity index is 992. The van der Waals surface area contributed by atoms with Gasteiger partial charge in [-0.15, -0.1) is 0 Å². The fourth-order valence-electron chi connectivity index (χ4n) is 3.32. The minimum Gasteiger partial charge on any atom is -0.372 e. The molecular formula is C19H16ClFN4O3. The monoisotopic (exact) mass is 402 g/mol. The SMILES string of the molecule is O=C(NCc1cc(F)cc(Cl)c1)[C@]1(O)CCN(c2cnc3c(c2)N=CC3)C1=O. The second kappa shape index (κ2) is 6.96. The van der Waals surface area contributed by atoms with Crippen molar-refractivity contribution in [3.8, 4) is 0 Å². The van der Waals surface area contributed by atoms with Gasteiger partial charge in [-0.05, 0) is 29.8 Å². The van der Waals surface area contributed by atoms with E-state index in [9.17, 15) is 19.1 Å². The highest BCUT2D eigenvalue weighted by Crippen LogP contribution is 2.32. The molecule has 0 unspecified atom stereocenters. The lowest BCUT2D eigenvalue weighted by Gasteiger charge is -2.22. The van der Waals surface area contributed by atoms with Gasteiger partial charge in [0.05, 0.1) is 23.3 Å². The number of benzene rings is 1. The summed E-state index contributed by atoms with van der Waals surface area (Å²) < 4.78 is 13.4. The Hall–Kier alpha value is -2.84. The molecule has 7 nitrogen and oxygen atoms in total. The van der Waals surface area contributed by atoms with E-state index >= 15 is 0 Å². The van der Waals surface area contributed by atoms with Gasteiger partial charge in [0.15, 0.2) is 0 Å². The number of hydrogen-bond acceptors (Lipinski definition) is 5. The third kappa shape index (κ3) is 3.25. The Morgan fingerprint density at radius 3 is 2.96 bits per heavy atom. The van der Waals surface area contributed by atoms with E-state index in [0.29, 0.717) is 23.4 Å². The Morgan fingerprint density at radius 1 is 1.36 bits per heavy atom. The Balaban J connectivity index is 1.48. The Kier molecular flexibility index (Phi) is 4.60. The summed E-state index contributed by atoms with van der Waals surface area (Å²) in [6.45, 7) is 0.0970. The predicted octanol–water partition coefficient (Wildman–Crippen LogP) is 1.92. The molecule has 0 bridgehead atoms. The summed E-state index contributed by atoms with van der Waals surface area (Å²) in [6, 6.07) is 5.57. The molecule has 28 heavy (non-hydrogen) atoms. The fourth-order valence-corrected chi connectivity index (χ4v) is 3.57. The molecule has 2 aliphatic rings. The maximum absolute atomic E-state index is 13.4. The van der Waals surface area contributed by atoms with E-state index in [4.69, 9.17) is 11.6 Å². The largest absolute Gasteiger partial charge is 0.372 e. The number of halogens is 2. The van der Waals surface area contributed by atoms with Crippen molar-refractivity contribution in [1.29, 1.82) is 0 Å². The van der Waals surface area contributed by atoms with Crippen LogP contribution in [0.15, 0.2) is 35.5 Å². The van der Waals surface area contributed by atoms with E-state index < -0.39 is 23.2 Å². The number of carbonyl (C=O) groups is 2. The number of nitrogens with zero attached hydrogens (tertiary/aromatic N) is 3. The van der Waals surface area contributed by atoms with E-state index in [1.54, 1.807) is 12.3 Å². The molecule has 0 aliphatic carbocycles. The highest BCUT2D eigenvalue weighted by Gasteiger charge is 2.51. The average molecular weight is 403 g/mol. The van der Waals surface area contributed by atoms with Crippen LogP contribution in [-0.4, -0.2) is 40.3 Å². The molecule has 0 saturated carbocycles. The van der Waals surface area contributed by atoms with Gasteiger partial charge >= 0.3 is 0 Å². The number of aromatic nitrogens is 1. The predicted molar refractivity (Wildman–Crippen MR) is 101 cm³/mol. The summed E-state index contributed by atoms with van der Waals surface area (Å²) in [4.78, 5) is 35.1. The van der Waals surface area contributed by atoms with Crippen LogP contribution in [-0.2, 0) is 22.6 Å². The minimum absolute atomic E-state index is 0.0675. The number of carbonyl (C=O) groups excluding carboxylic acids is 2. The summed E-state index contributed by atoms with van der Waals surface area (Å²) in [5.41, 5.74) is 0.193. The molecule has 3 heterocycles. The van der Waals surface area contributed by atoms with Crippen LogP contribution in [0.5, 0.6) is 0 Å². The van der Waals surface area contributed by atoms with Crippen molar-refractivity contribution in [2.45, 2.75) is 25.0 Å². The molecule has 0 spiro atoms. The zero-order chi connectivity index (χ0) is 19.9. The van der Waals surface area contributed by atoms with Crippen LogP contribution in [0.3, 0.4) is 0 Å². The van der Waals surface area contributed by atoms with E-state index in [1.807, 2.05) is 0 Å². The number of rotatable bonds is 4. The zero-order valence-corrected chi connectivity index (χ0v) is 15.4. The molecule has 1 aromatic heterocycles. The van der Waals surface area contributed by atoms with Crippen LogP contribution in [0.2, 0.25) is 5.02 Å². The molecule has 2 aromatic rings. The first-order chi connectivity index (χ1) is 13.4. The van der Waals surface area contributed by atoms with E-state index in [-0.39, 0.29) is 24.5 Å². The smallest absolute Gasteiger partial charge is 0.268 e. The van der Waals surface area contributed by atoms with Gasteiger partial charge in [0.1, 0.15) is 5.82 Å². The van der Waals surface area contributed by atoms with Gasteiger partial charge in [-0.1, -0.05) is 11.6 Å². The first kappa shape index (κ1) is 18.5. The van der Waals surface area contributed by atoms with E-state index in [1.165, 1.54) is 23.2 Å². The number of aliphatic imine (C=N–C) groups is 1. The topological polar surface area (TPSA) is 94.9 Å². The number of nitrogens with one attached hydrogen (secondary N) is 1. The Labute approximate surface area is 164 Å². The van der Waals surface area contributed by atoms with Gasteiger partial charge in [-0.3, -0.25) is 19.6 Å². The van der Waals surface area contributed by atoms with Crippen LogP contribution in [0, 0.1) is 5.82 Å². The van der Waals surface area contributed by atoms with Gasteiger partial charge in [0.25, 0.3) is 11.8 Å². The quantitative estimate of drug-likeness (QED) is 0.764. The van der Waals surface area contributed by atoms with E-state index in [0.717, 1.165) is 11.8 Å². The third-order valence-corrected chi connectivity index (χ3v) is 5.03. The van der Waals surface area contributed by atoms with Crippen LogP contribution >= 0.6 is 11.6 Å².